The standard InChI is InChI=1S/C14H23N3OS/c1-10-8-15-5-6-17(10)12(18)7-11-9-19-13(16-11)14(2,3)4/h9-10,15H,5-8H2,1-4H3/t10-/m0/s1. The van der Waals surface area contributed by atoms with Crippen molar-refractivity contribution < 1.29 is 4.79 Å². The molecule has 1 saturated heterocycles. The Balaban J connectivity index is 2.00. The maximum Gasteiger partial charge on any atom is 0.228 e. The number of carbonyl (C=O) groups is 1. The highest BCUT2D eigenvalue weighted by atomic mass is 32.1. The van der Waals surface area contributed by atoms with Crippen molar-refractivity contribution in [2.75, 3.05) is 19.6 Å². The average Bonchev–Trinajstić information content (AvgIpc) is 2.77. The van der Waals surface area contributed by atoms with Crippen LogP contribution in [0.1, 0.15) is 38.4 Å². The molecule has 0 aromatic carbocycles. The fraction of sp³-hybridized carbons (Fsp3) is 0.714. The van der Waals surface area contributed by atoms with Crippen molar-refractivity contribution in [3.05, 3.63) is 16.1 Å². The Morgan fingerprint density at radius 3 is 2.89 bits per heavy atom. The highest BCUT2D eigenvalue weighted by molar-refractivity contribution is 7.09. The Morgan fingerprint density at radius 1 is 1.58 bits per heavy atom. The third-order valence-corrected chi connectivity index (χ3v) is 4.66. The summed E-state index contributed by atoms with van der Waals surface area (Å²) in [6, 6.07) is 0.280. The minimum atomic E-state index is 0.0638. The smallest absolute Gasteiger partial charge is 0.228 e. The molecule has 1 aliphatic rings. The summed E-state index contributed by atoms with van der Waals surface area (Å²) >= 11 is 1.65. The number of amides is 1. The molecule has 106 valence electrons. The van der Waals surface area contributed by atoms with E-state index in [9.17, 15) is 4.79 Å². The molecular formula is C14H23N3OS. The summed E-state index contributed by atoms with van der Waals surface area (Å²) in [7, 11) is 0. The summed E-state index contributed by atoms with van der Waals surface area (Å²) in [5.41, 5.74) is 0.972. The summed E-state index contributed by atoms with van der Waals surface area (Å²) in [5.74, 6) is 0.194. The molecule has 4 nitrogen and oxygen atoms in total. The van der Waals surface area contributed by atoms with Crippen molar-refractivity contribution in [1.82, 2.24) is 15.2 Å². The zero-order valence-electron chi connectivity index (χ0n) is 12.2. The molecule has 0 bridgehead atoms. The maximum absolute atomic E-state index is 12.3. The Bertz CT molecular complexity index is 450. The van der Waals surface area contributed by atoms with Gasteiger partial charge in [-0.1, -0.05) is 20.8 Å². The van der Waals surface area contributed by atoms with Crippen molar-refractivity contribution in [2.24, 2.45) is 0 Å². The Labute approximate surface area is 119 Å². The van der Waals surface area contributed by atoms with E-state index in [2.05, 4.69) is 38.0 Å². The van der Waals surface area contributed by atoms with Crippen molar-refractivity contribution in [2.45, 2.75) is 45.6 Å². The molecular weight excluding hydrogens is 258 g/mol. The number of hydrogen-bond donors (Lipinski definition) is 1. The SMILES string of the molecule is C[C@H]1CNCCN1C(=O)Cc1csc(C(C)(C)C)n1. The average molecular weight is 281 g/mol. The zero-order valence-corrected chi connectivity index (χ0v) is 13.0. The summed E-state index contributed by atoms with van der Waals surface area (Å²) in [5, 5.41) is 6.42. The van der Waals surface area contributed by atoms with Gasteiger partial charge in [0.2, 0.25) is 5.91 Å². The van der Waals surface area contributed by atoms with Gasteiger partial charge < -0.3 is 10.2 Å². The molecule has 0 aliphatic carbocycles. The third-order valence-electron chi connectivity index (χ3n) is 3.35. The minimum absolute atomic E-state index is 0.0638. The number of nitrogens with one attached hydrogen (secondary N) is 1. The van der Waals surface area contributed by atoms with E-state index in [4.69, 9.17) is 0 Å². The molecule has 0 unspecified atom stereocenters. The van der Waals surface area contributed by atoms with Crippen LogP contribution < -0.4 is 5.32 Å². The van der Waals surface area contributed by atoms with Gasteiger partial charge in [-0.3, -0.25) is 4.79 Å². The van der Waals surface area contributed by atoms with Crippen LogP contribution in [0.3, 0.4) is 0 Å². The Hall–Kier alpha value is -0.940. The van der Waals surface area contributed by atoms with Crippen LogP contribution in [-0.2, 0) is 16.6 Å². The van der Waals surface area contributed by atoms with E-state index in [0.717, 1.165) is 30.3 Å². The monoisotopic (exact) mass is 281 g/mol. The summed E-state index contributed by atoms with van der Waals surface area (Å²) in [4.78, 5) is 18.9. The van der Waals surface area contributed by atoms with Crippen molar-refractivity contribution in [3.8, 4) is 0 Å². The lowest BCUT2D eigenvalue weighted by molar-refractivity contribution is -0.133. The van der Waals surface area contributed by atoms with Crippen LogP contribution in [0.15, 0.2) is 5.38 Å². The maximum atomic E-state index is 12.3. The molecule has 1 aromatic heterocycles. The second kappa shape index (κ2) is 5.59. The number of hydrogen-bond acceptors (Lipinski definition) is 4. The van der Waals surface area contributed by atoms with Gasteiger partial charge in [0.25, 0.3) is 0 Å². The lowest BCUT2D eigenvalue weighted by atomic mass is 9.98. The zero-order chi connectivity index (χ0) is 14.0. The second-order valence-electron chi connectivity index (χ2n) is 6.21. The van der Waals surface area contributed by atoms with Crippen LogP contribution in [-0.4, -0.2) is 41.5 Å². The fourth-order valence-corrected chi connectivity index (χ4v) is 3.11. The van der Waals surface area contributed by atoms with E-state index >= 15 is 0 Å². The van der Waals surface area contributed by atoms with Gasteiger partial charge in [-0.15, -0.1) is 11.3 Å². The van der Waals surface area contributed by atoms with E-state index in [0.29, 0.717) is 6.42 Å². The van der Waals surface area contributed by atoms with Crippen molar-refractivity contribution >= 4 is 17.2 Å². The topological polar surface area (TPSA) is 45.2 Å². The van der Waals surface area contributed by atoms with Crippen LogP contribution in [0.25, 0.3) is 0 Å². The lowest BCUT2D eigenvalue weighted by Gasteiger charge is -2.33. The van der Waals surface area contributed by atoms with Crippen molar-refractivity contribution in [1.29, 1.82) is 0 Å². The van der Waals surface area contributed by atoms with Gasteiger partial charge in [0.1, 0.15) is 0 Å². The molecule has 1 atom stereocenters. The van der Waals surface area contributed by atoms with E-state index < -0.39 is 0 Å². The Kier molecular flexibility index (Phi) is 4.26. The summed E-state index contributed by atoms with van der Waals surface area (Å²) in [6.07, 6.45) is 0.428. The van der Waals surface area contributed by atoms with Crippen LogP contribution in [0.2, 0.25) is 0 Å². The highest BCUT2D eigenvalue weighted by Crippen LogP contribution is 2.25. The molecule has 1 amide bonds. The van der Waals surface area contributed by atoms with Gasteiger partial charge in [-0.05, 0) is 6.92 Å². The Morgan fingerprint density at radius 2 is 2.32 bits per heavy atom. The van der Waals surface area contributed by atoms with Gasteiger partial charge >= 0.3 is 0 Å². The van der Waals surface area contributed by atoms with Gasteiger partial charge in [-0.2, -0.15) is 0 Å². The summed E-state index contributed by atoms with van der Waals surface area (Å²) < 4.78 is 0. The first-order valence-corrected chi connectivity index (χ1v) is 7.71. The second-order valence-corrected chi connectivity index (χ2v) is 7.07. The molecule has 0 spiro atoms. The first-order valence-electron chi connectivity index (χ1n) is 6.83. The van der Waals surface area contributed by atoms with E-state index in [-0.39, 0.29) is 17.4 Å². The molecule has 1 aliphatic heterocycles. The highest BCUT2D eigenvalue weighted by Gasteiger charge is 2.24. The van der Waals surface area contributed by atoms with Gasteiger partial charge in [0.05, 0.1) is 17.1 Å². The molecule has 0 saturated carbocycles. The number of nitrogens with zero attached hydrogens (tertiary/aromatic N) is 2. The van der Waals surface area contributed by atoms with Gasteiger partial charge in [0, 0.05) is 36.5 Å². The first-order chi connectivity index (χ1) is 8.88. The number of thiazole rings is 1. The van der Waals surface area contributed by atoms with E-state index in [1.54, 1.807) is 11.3 Å². The molecule has 2 heterocycles. The molecule has 0 radical (unpaired) electrons. The largest absolute Gasteiger partial charge is 0.337 e. The molecule has 19 heavy (non-hydrogen) atoms. The van der Waals surface area contributed by atoms with Crippen LogP contribution in [0.5, 0.6) is 0 Å². The van der Waals surface area contributed by atoms with E-state index in [1.807, 2.05) is 10.3 Å². The molecule has 5 heteroatoms. The number of piperazine rings is 1. The van der Waals surface area contributed by atoms with Gasteiger partial charge in [0.15, 0.2) is 0 Å². The van der Waals surface area contributed by atoms with E-state index in [1.165, 1.54) is 0 Å². The molecule has 1 N–H and O–H groups in total. The first kappa shape index (κ1) is 14.5. The van der Waals surface area contributed by atoms with Crippen LogP contribution >= 0.6 is 11.3 Å². The summed E-state index contributed by atoms with van der Waals surface area (Å²) in [6.45, 7) is 11.1. The van der Waals surface area contributed by atoms with Crippen molar-refractivity contribution in [3.63, 3.8) is 0 Å². The molecule has 1 aromatic rings. The predicted octanol–water partition coefficient (Wildman–Crippen LogP) is 1.80. The number of aromatic nitrogens is 1. The lowest BCUT2D eigenvalue weighted by Crippen LogP contribution is -2.52. The predicted molar refractivity (Wildman–Crippen MR) is 78.6 cm³/mol. The minimum Gasteiger partial charge on any atom is -0.337 e. The molecule has 1 fully saturated rings. The third kappa shape index (κ3) is 3.54. The van der Waals surface area contributed by atoms with Gasteiger partial charge in [-0.25, -0.2) is 4.98 Å². The fourth-order valence-electron chi connectivity index (χ4n) is 2.20. The number of rotatable bonds is 2. The van der Waals surface area contributed by atoms with Crippen LogP contribution in [0, 0.1) is 0 Å². The quantitative estimate of drug-likeness (QED) is 0.899. The normalized spacial score (nSPS) is 20.6. The van der Waals surface area contributed by atoms with Crippen LogP contribution in [0.4, 0.5) is 0 Å². The number of carbonyl (C=O) groups excluding carboxylic acids is 1. The molecule has 2 rings (SSSR count).